The Kier molecular flexibility index (Phi) is 6.26. The first-order valence-corrected chi connectivity index (χ1v) is 13.9. The molecule has 6 aliphatic rings. The summed E-state index contributed by atoms with van der Waals surface area (Å²) >= 11 is 1.91. The Balaban J connectivity index is 0.881. The molecule has 0 aromatic carbocycles. The van der Waals surface area contributed by atoms with Gasteiger partial charge in [0.05, 0.1) is 36.1 Å². The van der Waals surface area contributed by atoms with Gasteiger partial charge >= 0.3 is 6.03 Å². The van der Waals surface area contributed by atoms with Crippen LogP contribution in [-0.2, 0) is 19.1 Å². The van der Waals surface area contributed by atoms with E-state index < -0.39 is 0 Å². The van der Waals surface area contributed by atoms with E-state index in [1.165, 1.54) is 4.90 Å². The predicted molar refractivity (Wildman–Crippen MR) is 128 cm³/mol. The van der Waals surface area contributed by atoms with Gasteiger partial charge in [-0.15, -0.1) is 0 Å². The van der Waals surface area contributed by atoms with Crippen LogP contribution >= 0.6 is 11.8 Å². The van der Waals surface area contributed by atoms with Gasteiger partial charge < -0.3 is 20.3 Å². The van der Waals surface area contributed by atoms with Gasteiger partial charge in [0.25, 0.3) is 0 Å². The highest BCUT2D eigenvalue weighted by molar-refractivity contribution is 8.00. The summed E-state index contributed by atoms with van der Waals surface area (Å²) in [5, 5.41) is 6.42. The second-order valence-electron chi connectivity index (χ2n) is 10.4. The van der Waals surface area contributed by atoms with Crippen LogP contribution in [-0.4, -0.2) is 113 Å². The predicted octanol–water partition coefficient (Wildman–Crippen LogP) is -0.205. The number of imide groups is 1. The monoisotopic (exact) mass is 503 g/mol. The molecule has 0 saturated carbocycles. The summed E-state index contributed by atoms with van der Waals surface area (Å²) in [5.74, 6) is 0.305. The summed E-state index contributed by atoms with van der Waals surface area (Å²) in [6.45, 7) is 3.96. The first-order valence-electron chi connectivity index (χ1n) is 12.9. The van der Waals surface area contributed by atoms with Crippen molar-refractivity contribution in [1.82, 2.24) is 25.3 Å². The number of ether oxygens (including phenoxy) is 1. The molecule has 35 heavy (non-hydrogen) atoms. The molecule has 10 nitrogen and oxygen atoms in total. The second kappa shape index (κ2) is 9.40. The van der Waals surface area contributed by atoms with Crippen molar-refractivity contribution in [3.8, 4) is 0 Å². The molecule has 0 aromatic heterocycles. The first kappa shape index (κ1) is 23.3. The third kappa shape index (κ3) is 4.25. The topological polar surface area (TPSA) is 111 Å². The largest absolute Gasteiger partial charge is 0.365 e. The standard InChI is InChI=1S/C24H33N5O5S/c30-18(4-2-1-3-17-21-14(13-35-17)25-24(33)26-21)28-10-7-27(8-11-28)9-12-29-22(31)19-15-5-6-16(34-15)20(19)23(29)32/h5-6,14-17,19-21H,1-4,7-13H2,(H2,25,26,33)/t14-,15-,16+,17-,19-,20+,21-/m1/s1. The van der Waals surface area contributed by atoms with E-state index in [0.29, 0.717) is 37.8 Å². The molecule has 0 aliphatic carbocycles. The number of fused-ring (bicyclic) bond motifs is 6. The number of carbonyl (C=O) groups excluding carboxylic acids is 4. The summed E-state index contributed by atoms with van der Waals surface area (Å²) in [5.41, 5.74) is 0. The minimum Gasteiger partial charge on any atom is -0.365 e. The molecular weight excluding hydrogens is 470 g/mol. The Morgan fingerprint density at radius 1 is 0.971 bits per heavy atom. The number of hydrogen-bond donors (Lipinski definition) is 2. The molecule has 6 rings (SSSR count). The summed E-state index contributed by atoms with van der Waals surface area (Å²) < 4.78 is 5.69. The normalized spacial score (nSPS) is 37.7. The molecule has 0 aromatic rings. The number of unbranched alkanes of at least 4 members (excludes halogenated alkanes) is 1. The van der Waals surface area contributed by atoms with Crippen LogP contribution in [0.2, 0.25) is 0 Å². The van der Waals surface area contributed by atoms with Gasteiger partial charge in [-0.1, -0.05) is 18.6 Å². The van der Waals surface area contributed by atoms with E-state index >= 15 is 0 Å². The van der Waals surface area contributed by atoms with E-state index in [1.54, 1.807) is 0 Å². The van der Waals surface area contributed by atoms with E-state index in [1.807, 2.05) is 28.8 Å². The lowest BCUT2D eigenvalue weighted by Crippen LogP contribution is -2.50. The highest BCUT2D eigenvalue weighted by Gasteiger charge is 2.60. The van der Waals surface area contributed by atoms with E-state index in [-0.39, 0.29) is 59.9 Å². The average molecular weight is 504 g/mol. The molecule has 0 radical (unpaired) electrons. The lowest BCUT2D eigenvalue weighted by molar-refractivity contribution is -0.142. The quantitative estimate of drug-likeness (QED) is 0.204. The van der Waals surface area contributed by atoms with Gasteiger partial charge in [-0.25, -0.2) is 4.79 Å². The molecule has 5 saturated heterocycles. The maximum absolute atomic E-state index is 12.8. The second-order valence-corrected chi connectivity index (χ2v) is 11.7. The third-order valence-corrected chi connectivity index (χ3v) is 9.94. The molecule has 11 heteroatoms. The molecule has 0 unspecified atom stereocenters. The minimum atomic E-state index is -0.339. The maximum atomic E-state index is 12.8. The Morgan fingerprint density at radius 3 is 2.40 bits per heavy atom. The maximum Gasteiger partial charge on any atom is 0.315 e. The summed E-state index contributed by atoms with van der Waals surface area (Å²) in [4.78, 5) is 55.3. The smallest absolute Gasteiger partial charge is 0.315 e. The van der Waals surface area contributed by atoms with Crippen LogP contribution in [0.4, 0.5) is 4.79 Å². The lowest BCUT2D eigenvalue weighted by atomic mass is 9.85. The van der Waals surface area contributed by atoms with Crippen molar-refractivity contribution in [1.29, 1.82) is 0 Å². The van der Waals surface area contributed by atoms with Crippen molar-refractivity contribution in [2.45, 2.75) is 55.2 Å². The third-order valence-electron chi connectivity index (χ3n) is 8.43. The number of carbonyl (C=O) groups is 4. The van der Waals surface area contributed by atoms with Crippen LogP contribution < -0.4 is 10.6 Å². The fourth-order valence-electron chi connectivity index (χ4n) is 6.47. The SMILES string of the molecule is O=C1N[C@@H]2[C@@H](CS[C@@H]2CCCCC(=O)N2CCN(CCN3C(=O)[C@@H]4[C@H](C3=O)[C@H]3C=C[C@@H]4O3)CC2)N1. The number of thioether (sulfide) groups is 1. The number of likely N-dealkylation sites (tertiary alicyclic amines) is 1. The minimum absolute atomic E-state index is 0.0559. The van der Waals surface area contributed by atoms with Gasteiger partial charge in [0, 0.05) is 56.7 Å². The molecule has 6 aliphatic heterocycles. The molecule has 7 atom stereocenters. The van der Waals surface area contributed by atoms with Crippen molar-refractivity contribution < 1.29 is 23.9 Å². The number of hydrogen-bond acceptors (Lipinski definition) is 7. The van der Waals surface area contributed by atoms with Crippen LogP contribution in [0, 0.1) is 11.8 Å². The number of nitrogens with zero attached hydrogens (tertiary/aromatic N) is 3. The summed E-state index contributed by atoms with van der Waals surface area (Å²) in [6.07, 6.45) is 6.79. The zero-order valence-corrected chi connectivity index (χ0v) is 20.6. The molecule has 190 valence electrons. The van der Waals surface area contributed by atoms with Crippen molar-refractivity contribution in [3.05, 3.63) is 12.2 Å². The van der Waals surface area contributed by atoms with Gasteiger partial charge in [-0.05, 0) is 12.8 Å². The molecule has 2 bridgehead atoms. The van der Waals surface area contributed by atoms with Crippen LogP contribution in [0.3, 0.4) is 0 Å². The van der Waals surface area contributed by atoms with Gasteiger partial charge in [-0.2, -0.15) is 11.8 Å². The Bertz CT molecular complexity index is 907. The summed E-state index contributed by atoms with van der Waals surface area (Å²) in [6, 6.07) is 0.416. The van der Waals surface area contributed by atoms with Crippen LogP contribution in [0.15, 0.2) is 12.2 Å². The van der Waals surface area contributed by atoms with E-state index in [4.69, 9.17) is 4.74 Å². The number of urea groups is 1. The zero-order chi connectivity index (χ0) is 24.1. The van der Waals surface area contributed by atoms with Crippen molar-refractivity contribution in [3.63, 3.8) is 0 Å². The number of nitrogens with one attached hydrogen (secondary N) is 2. The average Bonchev–Trinajstić information content (AvgIpc) is 3.66. The fourth-order valence-corrected chi connectivity index (χ4v) is 8.01. The van der Waals surface area contributed by atoms with Crippen molar-refractivity contribution in [2.75, 3.05) is 45.0 Å². The Hall–Kier alpha value is -2.11. The van der Waals surface area contributed by atoms with E-state index in [0.717, 1.165) is 38.1 Å². The molecule has 5 fully saturated rings. The molecule has 5 amide bonds. The highest BCUT2D eigenvalue weighted by atomic mass is 32.2. The molecule has 6 heterocycles. The molecular formula is C24H33N5O5S. The van der Waals surface area contributed by atoms with Gasteiger partial charge in [-0.3, -0.25) is 24.2 Å². The van der Waals surface area contributed by atoms with Gasteiger partial charge in [0.15, 0.2) is 0 Å². The van der Waals surface area contributed by atoms with Gasteiger partial charge in [0.2, 0.25) is 17.7 Å². The molecule has 0 spiro atoms. The fraction of sp³-hybridized carbons (Fsp3) is 0.750. The zero-order valence-electron chi connectivity index (χ0n) is 19.8. The van der Waals surface area contributed by atoms with E-state index in [9.17, 15) is 19.2 Å². The Labute approximate surface area is 209 Å². The van der Waals surface area contributed by atoms with Crippen LogP contribution in [0.25, 0.3) is 0 Å². The number of rotatable bonds is 8. The highest BCUT2D eigenvalue weighted by Crippen LogP contribution is 2.45. The first-order chi connectivity index (χ1) is 17.0. The Morgan fingerprint density at radius 2 is 1.69 bits per heavy atom. The number of amides is 5. The van der Waals surface area contributed by atoms with E-state index in [2.05, 4.69) is 15.5 Å². The van der Waals surface area contributed by atoms with Crippen LogP contribution in [0.1, 0.15) is 25.7 Å². The number of piperazine rings is 1. The van der Waals surface area contributed by atoms with Gasteiger partial charge in [0.1, 0.15) is 0 Å². The summed E-state index contributed by atoms with van der Waals surface area (Å²) in [7, 11) is 0. The lowest BCUT2D eigenvalue weighted by Gasteiger charge is -2.35. The van der Waals surface area contributed by atoms with Crippen LogP contribution in [0.5, 0.6) is 0 Å². The van der Waals surface area contributed by atoms with Crippen molar-refractivity contribution >= 4 is 35.5 Å². The van der Waals surface area contributed by atoms with Crippen molar-refractivity contribution in [2.24, 2.45) is 11.8 Å². The molecule has 2 N–H and O–H groups in total.